The molecule has 7 heavy (non-hydrogen) atoms. The molecule has 0 aromatic carbocycles. The molecule has 1 aliphatic heterocycles. The molecule has 2 heteroatoms. The fourth-order valence-corrected chi connectivity index (χ4v) is 1.18. The minimum atomic E-state index is 0.718. The fraction of sp³-hybridized carbons (Fsp3) is 0.600. The minimum Gasteiger partial charge on any atom is -0.327 e. The maximum Gasteiger partial charge on any atom is 0.0155 e. The summed E-state index contributed by atoms with van der Waals surface area (Å²) in [6, 6.07) is 0. The van der Waals surface area contributed by atoms with E-state index in [1.165, 1.54) is 17.1 Å². The molecule has 2 N–H and O–H groups in total. The van der Waals surface area contributed by atoms with E-state index in [0.717, 1.165) is 6.54 Å². The second-order valence-electron chi connectivity index (χ2n) is 1.59. The number of rotatable bonds is 1. The molecule has 0 bridgehead atoms. The lowest BCUT2D eigenvalue weighted by Crippen LogP contribution is -2.07. The van der Waals surface area contributed by atoms with E-state index in [-0.39, 0.29) is 0 Å². The minimum absolute atomic E-state index is 0.718. The van der Waals surface area contributed by atoms with Crippen LogP contribution < -0.4 is 5.73 Å². The predicted molar refractivity (Wildman–Crippen MR) is 34.5 cm³/mol. The van der Waals surface area contributed by atoms with Crippen molar-refractivity contribution < 1.29 is 0 Å². The fourth-order valence-electron chi connectivity index (χ4n) is 0.504. The van der Waals surface area contributed by atoms with Gasteiger partial charge < -0.3 is 5.73 Å². The summed E-state index contributed by atoms with van der Waals surface area (Å²) in [6.07, 6.45) is 2.11. The smallest absolute Gasteiger partial charge is 0.0155 e. The van der Waals surface area contributed by atoms with Crippen molar-refractivity contribution in [1.29, 1.82) is 0 Å². The van der Waals surface area contributed by atoms with Crippen LogP contribution >= 0.6 is 11.8 Å². The molecule has 0 amide bonds. The molecule has 1 rings (SSSR count). The van der Waals surface area contributed by atoms with Gasteiger partial charge in [0.2, 0.25) is 0 Å². The summed E-state index contributed by atoms with van der Waals surface area (Å²) in [5, 5.41) is 0. The van der Waals surface area contributed by atoms with Gasteiger partial charge >= 0.3 is 0 Å². The maximum atomic E-state index is 5.25. The van der Waals surface area contributed by atoms with Crippen molar-refractivity contribution in [3.05, 3.63) is 11.6 Å². The molecule has 1 nitrogen and oxygen atoms in total. The molecule has 0 unspecified atom stereocenters. The molecule has 1 saturated heterocycles. The van der Waals surface area contributed by atoms with E-state index in [0.29, 0.717) is 0 Å². The van der Waals surface area contributed by atoms with Crippen molar-refractivity contribution >= 4 is 11.8 Å². The number of nitrogens with two attached hydrogens (primary N) is 1. The Balaban J connectivity index is 2.23. The van der Waals surface area contributed by atoms with Crippen LogP contribution in [0.3, 0.4) is 0 Å². The normalized spacial score (nSPS) is 18.7. The molecule has 0 aromatic heterocycles. The molecule has 0 radical (unpaired) electrons. The van der Waals surface area contributed by atoms with Gasteiger partial charge in [-0.05, 0) is 0 Å². The van der Waals surface area contributed by atoms with E-state index in [9.17, 15) is 0 Å². The molecule has 1 heterocycles. The first-order valence-electron chi connectivity index (χ1n) is 2.39. The van der Waals surface area contributed by atoms with Gasteiger partial charge in [-0.2, -0.15) is 11.8 Å². The van der Waals surface area contributed by atoms with Crippen LogP contribution in [0.4, 0.5) is 0 Å². The maximum absolute atomic E-state index is 5.25. The number of hydrogen-bond donors (Lipinski definition) is 1. The molecule has 0 aliphatic carbocycles. The molecule has 40 valence electrons. The summed E-state index contributed by atoms with van der Waals surface area (Å²) in [6.45, 7) is 0.718. The zero-order valence-electron chi connectivity index (χ0n) is 4.18. The summed E-state index contributed by atoms with van der Waals surface area (Å²) < 4.78 is 0. The highest BCUT2D eigenvalue weighted by Gasteiger charge is 2.05. The first-order chi connectivity index (χ1) is 3.43. The molecular weight excluding hydrogens is 106 g/mol. The lowest BCUT2D eigenvalue weighted by Gasteiger charge is -2.14. The van der Waals surface area contributed by atoms with Crippen LogP contribution in [0.5, 0.6) is 0 Å². The summed E-state index contributed by atoms with van der Waals surface area (Å²) >= 11 is 1.96. The van der Waals surface area contributed by atoms with Gasteiger partial charge in [0.15, 0.2) is 0 Å². The van der Waals surface area contributed by atoms with Crippen LogP contribution in [0.1, 0.15) is 0 Å². The molecule has 1 fully saturated rings. The lowest BCUT2D eigenvalue weighted by molar-refractivity contribution is 1.20. The van der Waals surface area contributed by atoms with Crippen LogP contribution in [0, 0.1) is 0 Å². The molecular formula is C5H9NS. The number of hydrogen-bond acceptors (Lipinski definition) is 2. The topological polar surface area (TPSA) is 26.0 Å². The average Bonchev–Trinajstić information content (AvgIpc) is 1.55. The van der Waals surface area contributed by atoms with Gasteiger partial charge in [-0.3, -0.25) is 0 Å². The van der Waals surface area contributed by atoms with Crippen molar-refractivity contribution in [2.45, 2.75) is 0 Å². The van der Waals surface area contributed by atoms with Crippen LogP contribution in [-0.2, 0) is 0 Å². The Hall–Kier alpha value is 0.0500. The second-order valence-corrected chi connectivity index (χ2v) is 2.58. The lowest BCUT2D eigenvalue weighted by atomic mass is 10.3. The average molecular weight is 115 g/mol. The van der Waals surface area contributed by atoms with Crippen molar-refractivity contribution in [1.82, 2.24) is 0 Å². The largest absolute Gasteiger partial charge is 0.327 e. The van der Waals surface area contributed by atoms with Gasteiger partial charge in [0.05, 0.1) is 0 Å². The van der Waals surface area contributed by atoms with Crippen molar-refractivity contribution in [3.63, 3.8) is 0 Å². The summed E-state index contributed by atoms with van der Waals surface area (Å²) in [5.74, 6) is 2.44. The Labute approximate surface area is 48.0 Å². The van der Waals surface area contributed by atoms with Gasteiger partial charge in [0, 0.05) is 18.1 Å². The Bertz CT molecular complexity index is 82.1. The highest BCUT2D eigenvalue weighted by atomic mass is 32.2. The van der Waals surface area contributed by atoms with Gasteiger partial charge in [-0.1, -0.05) is 11.6 Å². The van der Waals surface area contributed by atoms with E-state index in [1.54, 1.807) is 0 Å². The third kappa shape index (κ3) is 1.21. The quantitative estimate of drug-likeness (QED) is 0.507. The van der Waals surface area contributed by atoms with Crippen molar-refractivity contribution in [2.24, 2.45) is 5.73 Å². The SMILES string of the molecule is NCC=C1CSC1. The summed E-state index contributed by atoms with van der Waals surface area (Å²) in [4.78, 5) is 0. The van der Waals surface area contributed by atoms with Crippen LogP contribution in [0.2, 0.25) is 0 Å². The van der Waals surface area contributed by atoms with E-state index in [2.05, 4.69) is 6.08 Å². The van der Waals surface area contributed by atoms with Gasteiger partial charge in [0.1, 0.15) is 0 Å². The molecule has 0 spiro atoms. The zero-order chi connectivity index (χ0) is 5.11. The van der Waals surface area contributed by atoms with E-state index in [4.69, 9.17) is 5.73 Å². The second kappa shape index (κ2) is 2.38. The van der Waals surface area contributed by atoms with Crippen molar-refractivity contribution in [3.8, 4) is 0 Å². The predicted octanol–water partition coefficient (Wildman–Crippen LogP) is 0.618. The van der Waals surface area contributed by atoms with Crippen LogP contribution in [0.25, 0.3) is 0 Å². The molecule has 0 atom stereocenters. The van der Waals surface area contributed by atoms with Gasteiger partial charge in [0.25, 0.3) is 0 Å². The Kier molecular flexibility index (Phi) is 1.77. The zero-order valence-corrected chi connectivity index (χ0v) is 5.00. The van der Waals surface area contributed by atoms with Gasteiger partial charge in [-0.25, -0.2) is 0 Å². The van der Waals surface area contributed by atoms with Crippen LogP contribution in [0.15, 0.2) is 11.6 Å². The third-order valence-corrected chi connectivity index (χ3v) is 2.13. The van der Waals surface area contributed by atoms with E-state index < -0.39 is 0 Å². The Morgan fingerprint density at radius 1 is 1.71 bits per heavy atom. The monoisotopic (exact) mass is 115 g/mol. The molecule has 0 saturated carbocycles. The van der Waals surface area contributed by atoms with Crippen LogP contribution in [-0.4, -0.2) is 18.1 Å². The highest BCUT2D eigenvalue weighted by Crippen LogP contribution is 2.22. The summed E-state index contributed by atoms with van der Waals surface area (Å²) in [5.41, 5.74) is 6.77. The van der Waals surface area contributed by atoms with Crippen molar-refractivity contribution in [2.75, 3.05) is 18.1 Å². The molecule has 0 aromatic rings. The Morgan fingerprint density at radius 3 is 2.57 bits per heavy atom. The van der Waals surface area contributed by atoms with E-state index in [1.807, 2.05) is 11.8 Å². The first-order valence-corrected chi connectivity index (χ1v) is 3.54. The Morgan fingerprint density at radius 2 is 2.43 bits per heavy atom. The standard InChI is InChI=1S/C5H9NS/c6-2-1-5-3-7-4-5/h1H,2-4,6H2. The number of thioether (sulfide) groups is 1. The first kappa shape index (κ1) is 5.19. The highest BCUT2D eigenvalue weighted by molar-refractivity contribution is 8.01. The third-order valence-electron chi connectivity index (χ3n) is 0.981. The summed E-state index contributed by atoms with van der Waals surface area (Å²) in [7, 11) is 0. The molecule has 1 aliphatic rings. The van der Waals surface area contributed by atoms with Gasteiger partial charge in [-0.15, -0.1) is 0 Å². The van der Waals surface area contributed by atoms with E-state index >= 15 is 0 Å².